The molecule has 0 aliphatic carbocycles. The summed E-state index contributed by atoms with van der Waals surface area (Å²) in [6, 6.07) is 0. The van der Waals surface area contributed by atoms with Gasteiger partial charge in [0, 0.05) is 19.2 Å². The zero-order chi connectivity index (χ0) is 10.8. The van der Waals surface area contributed by atoms with Gasteiger partial charge < -0.3 is 15.6 Å². The normalized spacial score (nSPS) is 20.9. The van der Waals surface area contributed by atoms with Gasteiger partial charge in [0.05, 0.1) is 24.5 Å². The summed E-state index contributed by atoms with van der Waals surface area (Å²) >= 11 is 0. The van der Waals surface area contributed by atoms with Crippen molar-refractivity contribution in [1.82, 2.24) is 14.9 Å². The highest BCUT2D eigenvalue weighted by Crippen LogP contribution is 2.18. The molecule has 6 nitrogen and oxygen atoms in total. The van der Waals surface area contributed by atoms with Crippen LogP contribution in [0.3, 0.4) is 0 Å². The lowest BCUT2D eigenvalue weighted by Crippen LogP contribution is -2.28. The van der Waals surface area contributed by atoms with E-state index in [2.05, 4.69) is 9.97 Å². The van der Waals surface area contributed by atoms with Crippen molar-refractivity contribution < 1.29 is 9.59 Å². The number of nitrogens with two attached hydrogens (primary N) is 1. The molecule has 1 aromatic rings. The van der Waals surface area contributed by atoms with E-state index < -0.39 is 5.91 Å². The highest BCUT2D eigenvalue weighted by molar-refractivity contribution is 5.88. The average Bonchev–Trinajstić information content (AvgIpc) is 2.77. The largest absolute Gasteiger partial charge is 0.369 e. The fraction of sp³-hybridized carbons (Fsp3) is 0.444. The predicted molar refractivity (Wildman–Crippen MR) is 51.3 cm³/mol. The Kier molecular flexibility index (Phi) is 2.40. The number of rotatable bonds is 3. The summed E-state index contributed by atoms with van der Waals surface area (Å²) in [5, 5.41) is 0. The number of primary amides is 1. The predicted octanol–water partition coefficient (Wildman–Crippen LogP) is -0.757. The molecule has 0 spiro atoms. The van der Waals surface area contributed by atoms with Gasteiger partial charge in [0.1, 0.15) is 0 Å². The maximum Gasteiger partial charge on any atom is 0.223 e. The molecule has 0 aromatic carbocycles. The van der Waals surface area contributed by atoms with Crippen LogP contribution in [0.2, 0.25) is 0 Å². The molecular weight excluding hydrogens is 196 g/mol. The summed E-state index contributed by atoms with van der Waals surface area (Å²) in [5.41, 5.74) is 6.01. The number of aromatic nitrogens is 2. The molecule has 1 aliphatic heterocycles. The van der Waals surface area contributed by atoms with Gasteiger partial charge >= 0.3 is 0 Å². The maximum atomic E-state index is 11.5. The summed E-state index contributed by atoms with van der Waals surface area (Å²) in [6.45, 7) is 0.871. The minimum Gasteiger partial charge on any atom is -0.369 e. The molecule has 6 heteroatoms. The first-order valence-electron chi connectivity index (χ1n) is 4.71. The molecule has 3 N–H and O–H groups in total. The molecule has 0 saturated carbocycles. The van der Waals surface area contributed by atoms with E-state index in [-0.39, 0.29) is 18.2 Å². The number of carbonyl (C=O) groups is 2. The van der Waals surface area contributed by atoms with Crippen molar-refractivity contribution >= 4 is 11.8 Å². The minimum absolute atomic E-state index is 0.0339. The number of amides is 2. The van der Waals surface area contributed by atoms with E-state index in [0.29, 0.717) is 13.1 Å². The first kappa shape index (κ1) is 9.70. The number of aromatic amines is 1. The van der Waals surface area contributed by atoms with Crippen molar-refractivity contribution in [1.29, 1.82) is 0 Å². The molecule has 80 valence electrons. The van der Waals surface area contributed by atoms with E-state index in [1.54, 1.807) is 17.4 Å². The zero-order valence-corrected chi connectivity index (χ0v) is 8.14. The number of hydrogen-bond donors (Lipinski definition) is 2. The van der Waals surface area contributed by atoms with E-state index >= 15 is 0 Å². The Bertz CT molecular complexity index is 373. The third-order valence-electron chi connectivity index (χ3n) is 2.53. The Morgan fingerprint density at radius 2 is 2.53 bits per heavy atom. The van der Waals surface area contributed by atoms with Crippen LogP contribution in [-0.4, -0.2) is 33.2 Å². The number of nitrogens with one attached hydrogen (secondary N) is 1. The Labute approximate surface area is 86.5 Å². The second-order valence-electron chi connectivity index (χ2n) is 3.65. The molecular formula is C9H12N4O2. The number of carbonyl (C=O) groups excluding carboxylic acids is 2. The smallest absolute Gasteiger partial charge is 0.223 e. The lowest BCUT2D eigenvalue weighted by molar-refractivity contribution is -0.128. The standard InChI is InChI=1S/C9H12N4O2/c10-9(15)6-1-8(14)13(3-6)4-7-2-11-5-12-7/h2,5-6H,1,3-4H2,(H2,10,15)(H,11,12). The van der Waals surface area contributed by atoms with Crippen LogP contribution in [0.15, 0.2) is 12.5 Å². The lowest BCUT2D eigenvalue weighted by atomic mass is 10.1. The van der Waals surface area contributed by atoms with Gasteiger partial charge in [0.25, 0.3) is 0 Å². The Balaban J connectivity index is 2.00. The van der Waals surface area contributed by atoms with Crippen LogP contribution in [0.1, 0.15) is 12.1 Å². The highest BCUT2D eigenvalue weighted by atomic mass is 16.2. The van der Waals surface area contributed by atoms with E-state index in [0.717, 1.165) is 5.69 Å². The third-order valence-corrected chi connectivity index (χ3v) is 2.53. The van der Waals surface area contributed by atoms with Gasteiger partial charge in [-0.05, 0) is 0 Å². The average molecular weight is 208 g/mol. The third kappa shape index (κ3) is 1.98. The molecule has 1 unspecified atom stereocenters. The van der Waals surface area contributed by atoms with Crippen LogP contribution in [0, 0.1) is 5.92 Å². The number of likely N-dealkylation sites (tertiary alicyclic amines) is 1. The fourth-order valence-corrected chi connectivity index (χ4v) is 1.69. The lowest BCUT2D eigenvalue weighted by Gasteiger charge is -2.14. The van der Waals surface area contributed by atoms with Gasteiger partial charge in [-0.25, -0.2) is 4.98 Å². The summed E-state index contributed by atoms with van der Waals surface area (Å²) in [7, 11) is 0. The van der Waals surface area contributed by atoms with Crippen LogP contribution in [0.25, 0.3) is 0 Å². The Morgan fingerprint density at radius 1 is 1.73 bits per heavy atom. The van der Waals surface area contributed by atoms with Crippen LogP contribution in [0.4, 0.5) is 0 Å². The second-order valence-corrected chi connectivity index (χ2v) is 3.65. The fourth-order valence-electron chi connectivity index (χ4n) is 1.69. The molecule has 0 radical (unpaired) electrons. The van der Waals surface area contributed by atoms with Crippen LogP contribution in [0.5, 0.6) is 0 Å². The molecule has 1 saturated heterocycles. The number of imidazole rings is 1. The quantitative estimate of drug-likeness (QED) is 0.684. The molecule has 2 rings (SSSR count). The van der Waals surface area contributed by atoms with Crippen molar-refractivity contribution in [2.24, 2.45) is 11.7 Å². The van der Waals surface area contributed by atoms with Crippen LogP contribution >= 0.6 is 0 Å². The van der Waals surface area contributed by atoms with Crippen LogP contribution < -0.4 is 5.73 Å². The first-order chi connectivity index (χ1) is 7.16. The molecule has 15 heavy (non-hydrogen) atoms. The molecule has 1 aromatic heterocycles. The zero-order valence-electron chi connectivity index (χ0n) is 8.14. The molecule has 0 bridgehead atoms. The molecule has 1 atom stereocenters. The van der Waals surface area contributed by atoms with Gasteiger partial charge in [-0.15, -0.1) is 0 Å². The molecule has 2 amide bonds. The van der Waals surface area contributed by atoms with Crippen LogP contribution in [-0.2, 0) is 16.1 Å². The second kappa shape index (κ2) is 3.72. The molecule has 1 aliphatic rings. The number of nitrogens with zero attached hydrogens (tertiary/aromatic N) is 2. The van der Waals surface area contributed by atoms with Gasteiger partial charge in [0.2, 0.25) is 11.8 Å². The van der Waals surface area contributed by atoms with Crippen molar-refractivity contribution in [2.45, 2.75) is 13.0 Å². The van der Waals surface area contributed by atoms with E-state index in [9.17, 15) is 9.59 Å². The van der Waals surface area contributed by atoms with E-state index in [1.807, 2.05) is 0 Å². The summed E-state index contributed by atoms with van der Waals surface area (Å²) in [4.78, 5) is 30.8. The Morgan fingerprint density at radius 3 is 3.07 bits per heavy atom. The summed E-state index contributed by atoms with van der Waals surface area (Å²) < 4.78 is 0. The van der Waals surface area contributed by atoms with Gasteiger partial charge in [-0.3, -0.25) is 9.59 Å². The monoisotopic (exact) mass is 208 g/mol. The van der Waals surface area contributed by atoms with E-state index in [4.69, 9.17) is 5.73 Å². The summed E-state index contributed by atoms with van der Waals surface area (Å²) in [5.74, 6) is -0.788. The number of hydrogen-bond acceptors (Lipinski definition) is 3. The van der Waals surface area contributed by atoms with E-state index in [1.165, 1.54) is 0 Å². The van der Waals surface area contributed by atoms with Crippen molar-refractivity contribution in [3.8, 4) is 0 Å². The Hall–Kier alpha value is -1.85. The minimum atomic E-state index is -0.407. The highest BCUT2D eigenvalue weighted by Gasteiger charge is 2.32. The van der Waals surface area contributed by atoms with Crippen molar-refractivity contribution in [3.05, 3.63) is 18.2 Å². The molecule has 1 fully saturated rings. The topological polar surface area (TPSA) is 92.1 Å². The summed E-state index contributed by atoms with van der Waals surface area (Å²) in [6.07, 6.45) is 3.44. The molecule has 2 heterocycles. The van der Waals surface area contributed by atoms with Gasteiger partial charge in [-0.2, -0.15) is 0 Å². The van der Waals surface area contributed by atoms with Gasteiger partial charge in [0.15, 0.2) is 0 Å². The number of H-pyrrole nitrogens is 1. The first-order valence-corrected chi connectivity index (χ1v) is 4.71. The van der Waals surface area contributed by atoms with Gasteiger partial charge in [-0.1, -0.05) is 0 Å². The van der Waals surface area contributed by atoms with Crippen molar-refractivity contribution in [2.75, 3.05) is 6.54 Å². The van der Waals surface area contributed by atoms with Crippen molar-refractivity contribution in [3.63, 3.8) is 0 Å². The maximum absolute atomic E-state index is 11.5. The SMILES string of the molecule is NC(=O)C1CC(=O)N(Cc2cnc[nH]2)C1.